The molecule has 3 N–H and O–H groups in total. The summed E-state index contributed by atoms with van der Waals surface area (Å²) in [5.74, 6) is -0.156. The number of hydrogen-bond donors (Lipinski definition) is 3. The van der Waals surface area contributed by atoms with Crippen molar-refractivity contribution in [3.05, 3.63) is 100.0 Å². The summed E-state index contributed by atoms with van der Waals surface area (Å²) in [4.78, 5) is 28.1. The van der Waals surface area contributed by atoms with E-state index in [0.717, 1.165) is 23.4 Å². The number of nitrogens with one attached hydrogen (secondary N) is 3. The van der Waals surface area contributed by atoms with Crippen LogP contribution in [0.15, 0.2) is 71.9 Å². The smallest absolute Gasteiger partial charge is 0.251 e. The second kappa shape index (κ2) is 11.8. The molecular formula is C30H29ClFN7O. The molecule has 3 aromatic carbocycles. The number of halogens is 2. The van der Waals surface area contributed by atoms with Crippen molar-refractivity contribution in [1.29, 1.82) is 0 Å². The van der Waals surface area contributed by atoms with Crippen LogP contribution in [-0.2, 0) is 6.54 Å². The second-order valence-corrected chi connectivity index (χ2v) is 10.0. The minimum Gasteiger partial charge on any atom is -0.383 e. The highest BCUT2D eigenvalue weighted by Gasteiger charge is 2.25. The number of fused-ring (bicyclic) bond motifs is 3. The van der Waals surface area contributed by atoms with Crippen molar-refractivity contribution in [2.45, 2.75) is 6.54 Å². The van der Waals surface area contributed by atoms with E-state index >= 15 is 4.39 Å². The van der Waals surface area contributed by atoms with Gasteiger partial charge in [0.25, 0.3) is 5.91 Å². The molecule has 1 aliphatic heterocycles. The van der Waals surface area contributed by atoms with Crippen LogP contribution < -0.4 is 16.0 Å². The molecule has 4 aromatic rings. The first-order valence-electron chi connectivity index (χ1n) is 12.8. The number of carbonyl (C=O) groups excluding carboxylic acids is 1. The number of rotatable bonds is 8. The lowest BCUT2D eigenvalue weighted by Crippen LogP contribution is -2.22. The van der Waals surface area contributed by atoms with Gasteiger partial charge in [0.15, 0.2) is 0 Å². The lowest BCUT2D eigenvalue weighted by molar-refractivity contribution is 0.0963. The lowest BCUT2D eigenvalue weighted by atomic mass is 9.94. The van der Waals surface area contributed by atoms with Gasteiger partial charge < -0.3 is 20.9 Å². The molecule has 5 rings (SSSR count). The van der Waals surface area contributed by atoms with Crippen LogP contribution in [0.1, 0.15) is 27.0 Å². The van der Waals surface area contributed by atoms with Gasteiger partial charge in [-0.05, 0) is 62.6 Å². The zero-order valence-corrected chi connectivity index (χ0v) is 23.2. The first kappa shape index (κ1) is 27.2. The molecule has 2 heterocycles. The first-order valence-corrected chi connectivity index (χ1v) is 13.2. The highest BCUT2D eigenvalue weighted by molar-refractivity contribution is 6.32. The Kier molecular flexibility index (Phi) is 8.04. The van der Waals surface area contributed by atoms with Gasteiger partial charge >= 0.3 is 0 Å². The molecule has 0 saturated heterocycles. The molecule has 1 aliphatic rings. The van der Waals surface area contributed by atoms with Crippen molar-refractivity contribution < 1.29 is 9.18 Å². The number of anilines is 3. The zero-order valence-electron chi connectivity index (χ0n) is 22.4. The maximum atomic E-state index is 15.5. The Morgan fingerprint density at radius 1 is 1.07 bits per heavy atom. The normalized spacial score (nSPS) is 12.2. The second-order valence-electron chi connectivity index (χ2n) is 9.60. The average Bonchev–Trinajstić information content (AvgIpc) is 3.09. The number of likely N-dealkylation sites (N-methyl/N-ethyl adjacent to an activating group) is 1. The summed E-state index contributed by atoms with van der Waals surface area (Å²) < 4.78 is 15.5. The highest BCUT2D eigenvalue weighted by atomic mass is 35.5. The molecule has 0 bridgehead atoms. The predicted octanol–water partition coefficient (Wildman–Crippen LogP) is 5.36. The molecule has 0 unspecified atom stereocenters. The molecular weight excluding hydrogens is 529 g/mol. The third-order valence-corrected chi connectivity index (χ3v) is 6.75. The monoisotopic (exact) mass is 557 g/mol. The van der Waals surface area contributed by atoms with Gasteiger partial charge in [-0.2, -0.15) is 0 Å². The molecule has 0 saturated carbocycles. The molecule has 0 aliphatic carbocycles. The van der Waals surface area contributed by atoms with Crippen LogP contribution in [0.4, 0.5) is 21.7 Å². The third kappa shape index (κ3) is 5.80. The topological polar surface area (TPSA) is 94.5 Å². The molecule has 1 aromatic heterocycles. The maximum Gasteiger partial charge on any atom is 0.251 e. The number of benzene rings is 3. The van der Waals surface area contributed by atoms with Gasteiger partial charge in [-0.25, -0.2) is 14.4 Å². The molecule has 0 spiro atoms. The number of carbonyl (C=O) groups is 1. The van der Waals surface area contributed by atoms with Crippen LogP contribution in [0.5, 0.6) is 0 Å². The van der Waals surface area contributed by atoms with Crippen LogP contribution in [0.25, 0.3) is 11.3 Å². The third-order valence-electron chi connectivity index (χ3n) is 6.52. The quantitative estimate of drug-likeness (QED) is 0.270. The number of nitrogens with zero attached hydrogens (tertiary/aromatic N) is 4. The van der Waals surface area contributed by atoms with Crippen molar-refractivity contribution in [2.75, 3.05) is 44.9 Å². The van der Waals surface area contributed by atoms with Crippen LogP contribution in [0.3, 0.4) is 0 Å². The summed E-state index contributed by atoms with van der Waals surface area (Å²) in [5, 5.41) is 9.68. The Labute approximate surface area is 237 Å². The summed E-state index contributed by atoms with van der Waals surface area (Å²) in [6.07, 6.45) is 1.73. The Balaban J connectivity index is 1.53. The fourth-order valence-corrected chi connectivity index (χ4v) is 4.67. The van der Waals surface area contributed by atoms with E-state index in [1.54, 1.807) is 55.7 Å². The predicted molar refractivity (Wildman–Crippen MR) is 158 cm³/mol. The van der Waals surface area contributed by atoms with Crippen molar-refractivity contribution in [1.82, 2.24) is 20.2 Å². The van der Waals surface area contributed by atoms with Crippen LogP contribution in [0.2, 0.25) is 5.02 Å². The number of amides is 1. The molecule has 8 nitrogen and oxygen atoms in total. The largest absolute Gasteiger partial charge is 0.383 e. The van der Waals surface area contributed by atoms with Crippen LogP contribution >= 0.6 is 11.6 Å². The number of hydrogen-bond acceptors (Lipinski definition) is 7. The van der Waals surface area contributed by atoms with E-state index in [1.165, 1.54) is 6.07 Å². The van der Waals surface area contributed by atoms with Crippen molar-refractivity contribution in [3.63, 3.8) is 0 Å². The summed E-state index contributed by atoms with van der Waals surface area (Å²) in [7, 11) is 5.57. The van der Waals surface area contributed by atoms with E-state index in [2.05, 4.69) is 25.8 Å². The van der Waals surface area contributed by atoms with Gasteiger partial charge in [0.2, 0.25) is 5.95 Å². The fraction of sp³-hybridized carbons (Fsp3) is 0.200. The van der Waals surface area contributed by atoms with E-state index < -0.39 is 0 Å². The molecule has 10 heteroatoms. The first-order chi connectivity index (χ1) is 19.3. The van der Waals surface area contributed by atoms with Gasteiger partial charge in [0, 0.05) is 65.0 Å². The van der Waals surface area contributed by atoms with Gasteiger partial charge in [0.1, 0.15) is 5.82 Å². The summed E-state index contributed by atoms with van der Waals surface area (Å²) >= 11 is 6.45. The van der Waals surface area contributed by atoms with Gasteiger partial charge in [0.05, 0.1) is 23.5 Å². The lowest BCUT2D eigenvalue weighted by Gasteiger charge is -2.18. The summed E-state index contributed by atoms with van der Waals surface area (Å²) in [6.45, 7) is 1.70. The Morgan fingerprint density at radius 2 is 1.88 bits per heavy atom. The van der Waals surface area contributed by atoms with E-state index in [0.29, 0.717) is 51.3 Å². The summed E-state index contributed by atoms with van der Waals surface area (Å²) in [6, 6.07) is 17.5. The summed E-state index contributed by atoms with van der Waals surface area (Å²) in [5.41, 5.74) is 5.78. The zero-order chi connectivity index (χ0) is 28.2. The Hall–Kier alpha value is -4.34. The minimum atomic E-state index is -0.376. The standard InChI is InChI=1S/C30H29ClFN7O/c1-33-29(40)18-7-10-21(11-8-18)37-30-36-17-19-16-35-28(23-15-20(31)9-12-22(23)27(19)38-30)26-24(32)5-4-6-25(26)34-13-14-39(2)3/h4-12,15,17,34H,13-14,16H2,1-3H3,(H,33,40)(H,36,37,38). The van der Waals surface area contributed by atoms with Gasteiger partial charge in [-0.15, -0.1) is 0 Å². The Bertz CT molecular complexity index is 1590. The number of aromatic nitrogens is 2. The van der Waals surface area contributed by atoms with E-state index in [1.807, 2.05) is 26.2 Å². The average molecular weight is 558 g/mol. The molecule has 0 radical (unpaired) electrons. The van der Waals surface area contributed by atoms with E-state index in [9.17, 15) is 4.79 Å². The van der Waals surface area contributed by atoms with Gasteiger partial charge in [-0.1, -0.05) is 23.7 Å². The van der Waals surface area contributed by atoms with Gasteiger partial charge in [-0.3, -0.25) is 9.79 Å². The fourth-order valence-electron chi connectivity index (χ4n) is 4.50. The molecule has 40 heavy (non-hydrogen) atoms. The number of aliphatic imine (C=N–C) groups is 1. The maximum absolute atomic E-state index is 15.5. The van der Waals surface area contributed by atoms with Crippen LogP contribution in [0, 0.1) is 5.82 Å². The molecule has 1 amide bonds. The van der Waals surface area contributed by atoms with Crippen molar-refractivity contribution >= 4 is 40.5 Å². The van der Waals surface area contributed by atoms with Crippen LogP contribution in [-0.4, -0.2) is 60.7 Å². The minimum absolute atomic E-state index is 0.162. The SMILES string of the molecule is CNC(=O)c1ccc(Nc2ncc3c(n2)-c2ccc(Cl)cc2C(c2c(F)cccc2NCCN(C)C)=NC3)cc1. The molecule has 0 atom stereocenters. The Morgan fingerprint density at radius 3 is 2.62 bits per heavy atom. The van der Waals surface area contributed by atoms with E-state index in [4.69, 9.17) is 21.6 Å². The van der Waals surface area contributed by atoms with Crippen molar-refractivity contribution in [3.8, 4) is 11.3 Å². The molecule has 204 valence electrons. The highest BCUT2D eigenvalue weighted by Crippen LogP contribution is 2.35. The molecule has 0 fully saturated rings. The van der Waals surface area contributed by atoms with Crippen molar-refractivity contribution in [2.24, 2.45) is 4.99 Å². The van der Waals surface area contributed by atoms with E-state index in [-0.39, 0.29) is 18.3 Å².